The van der Waals surface area contributed by atoms with E-state index in [1.54, 1.807) is 6.92 Å². The number of carbonyl (C=O) groups is 4. The average Bonchev–Trinajstić information content (AvgIpc) is 2.93. The summed E-state index contributed by atoms with van der Waals surface area (Å²) in [5, 5.41) is 9.69. The minimum atomic E-state index is -1.37. The third-order valence-corrected chi connectivity index (χ3v) is 6.63. The Balaban J connectivity index is 3.29. The number of nitrogens with two attached hydrogens (primary N) is 1. The van der Waals surface area contributed by atoms with Crippen LogP contribution in [-0.2, 0) is 23.8 Å². The lowest BCUT2D eigenvalue weighted by Crippen LogP contribution is -2.40. The summed E-state index contributed by atoms with van der Waals surface area (Å²) in [6, 6.07) is 2.86. The molecule has 0 bridgehead atoms. The number of carboxylic acids is 1. The van der Waals surface area contributed by atoms with Crippen molar-refractivity contribution in [2.24, 2.45) is 23.5 Å². The molecule has 0 aliphatic heterocycles. The highest BCUT2D eigenvalue weighted by Gasteiger charge is 2.33. The van der Waals surface area contributed by atoms with Gasteiger partial charge in [-0.1, -0.05) is 66.9 Å². The van der Waals surface area contributed by atoms with Crippen molar-refractivity contribution in [2.75, 3.05) is 19.8 Å². The first-order valence-corrected chi connectivity index (χ1v) is 13.9. The van der Waals surface area contributed by atoms with Gasteiger partial charge in [0.05, 0.1) is 19.8 Å². The van der Waals surface area contributed by atoms with Crippen LogP contribution in [0.4, 0.5) is 9.59 Å². The number of rotatable bonds is 17. The van der Waals surface area contributed by atoms with E-state index in [2.05, 4.69) is 0 Å². The van der Waals surface area contributed by atoms with E-state index in [0.717, 1.165) is 19.3 Å². The van der Waals surface area contributed by atoms with Gasteiger partial charge in [-0.15, -0.1) is 0 Å². The van der Waals surface area contributed by atoms with Crippen LogP contribution < -0.4 is 15.2 Å². The van der Waals surface area contributed by atoms with E-state index >= 15 is 0 Å². The van der Waals surface area contributed by atoms with Crippen molar-refractivity contribution in [3.63, 3.8) is 0 Å². The van der Waals surface area contributed by atoms with Gasteiger partial charge < -0.3 is 34.5 Å². The Hall–Kier alpha value is -3.34. The molecule has 11 heteroatoms. The van der Waals surface area contributed by atoms with E-state index in [1.807, 2.05) is 34.6 Å². The Morgan fingerprint density at radius 3 is 1.88 bits per heavy atom. The maximum Gasteiger partial charge on any atom is 0.513 e. The highest BCUT2D eigenvalue weighted by molar-refractivity contribution is 5.75. The lowest BCUT2D eigenvalue weighted by molar-refractivity contribution is -0.145. The van der Waals surface area contributed by atoms with Gasteiger partial charge >= 0.3 is 24.2 Å². The Morgan fingerprint density at radius 2 is 1.38 bits per heavy atom. The van der Waals surface area contributed by atoms with Crippen LogP contribution in [0.3, 0.4) is 0 Å². The number of aliphatic carboxylic acids is 1. The first-order valence-electron chi connectivity index (χ1n) is 13.9. The van der Waals surface area contributed by atoms with Gasteiger partial charge in [-0.2, -0.15) is 0 Å². The van der Waals surface area contributed by atoms with Crippen molar-refractivity contribution in [1.82, 2.24) is 0 Å². The molecule has 0 saturated carbocycles. The van der Waals surface area contributed by atoms with Crippen molar-refractivity contribution in [3.05, 3.63) is 23.8 Å². The molecule has 0 saturated heterocycles. The standard InChI is InChI=1S/C29H45NO10/c1-7-10-11-24(31)36-17-20(6)25(26(30)27(32)33)21-12-13-22(39-28(34)37-15-18(4)8-2)23(14-21)40-29(35)38-16-19(5)9-3/h12-14,18-20,25-26H,7-11,15-17,30H2,1-6H3,(H,32,33)/t18?,19?,20?,25?,26-/m0/s1. The molecule has 0 spiro atoms. The quantitative estimate of drug-likeness (QED) is 0.135. The van der Waals surface area contributed by atoms with Crippen LogP contribution in [0.2, 0.25) is 0 Å². The second-order valence-electron chi connectivity index (χ2n) is 10.2. The molecule has 1 rings (SSSR count). The van der Waals surface area contributed by atoms with Gasteiger partial charge in [0.25, 0.3) is 0 Å². The van der Waals surface area contributed by atoms with Gasteiger partial charge in [0.2, 0.25) is 0 Å². The van der Waals surface area contributed by atoms with Crippen LogP contribution in [0, 0.1) is 17.8 Å². The second-order valence-corrected chi connectivity index (χ2v) is 10.2. The van der Waals surface area contributed by atoms with Gasteiger partial charge in [0.15, 0.2) is 11.5 Å². The van der Waals surface area contributed by atoms with Crippen LogP contribution in [0.5, 0.6) is 11.5 Å². The molecule has 5 atom stereocenters. The predicted octanol–water partition coefficient (Wildman–Crippen LogP) is 5.67. The molecular weight excluding hydrogens is 522 g/mol. The van der Waals surface area contributed by atoms with E-state index < -0.39 is 36.2 Å². The molecule has 4 unspecified atom stereocenters. The summed E-state index contributed by atoms with van der Waals surface area (Å²) in [5.41, 5.74) is 6.42. The topological polar surface area (TPSA) is 161 Å². The fraction of sp³-hybridized carbons (Fsp3) is 0.655. The normalized spacial score (nSPS) is 14.7. The highest BCUT2D eigenvalue weighted by Crippen LogP contribution is 2.36. The average molecular weight is 568 g/mol. The third-order valence-electron chi connectivity index (χ3n) is 6.63. The van der Waals surface area contributed by atoms with Gasteiger partial charge in [-0.25, -0.2) is 9.59 Å². The van der Waals surface area contributed by atoms with Gasteiger partial charge in [0.1, 0.15) is 6.04 Å². The molecule has 3 N–H and O–H groups in total. The number of unbranched alkanes of at least 4 members (excludes halogenated alkanes) is 1. The van der Waals surface area contributed by atoms with Crippen LogP contribution in [0.15, 0.2) is 18.2 Å². The smallest absolute Gasteiger partial charge is 0.480 e. The number of carboxylic acid groups (broad SMARTS) is 1. The maximum absolute atomic E-state index is 12.5. The summed E-state index contributed by atoms with van der Waals surface area (Å²) >= 11 is 0. The molecule has 0 aliphatic rings. The molecular formula is C29H45NO10. The van der Waals surface area contributed by atoms with E-state index in [4.69, 9.17) is 29.4 Å². The van der Waals surface area contributed by atoms with E-state index in [0.29, 0.717) is 12.0 Å². The Morgan fingerprint density at radius 1 is 0.825 bits per heavy atom. The number of esters is 1. The first kappa shape index (κ1) is 34.7. The summed E-state index contributed by atoms with van der Waals surface area (Å²) < 4.78 is 26.3. The monoisotopic (exact) mass is 567 g/mol. The van der Waals surface area contributed by atoms with Crippen LogP contribution in [0.25, 0.3) is 0 Å². The fourth-order valence-electron chi connectivity index (χ4n) is 3.56. The molecule has 0 radical (unpaired) electrons. The predicted molar refractivity (Wildman–Crippen MR) is 147 cm³/mol. The van der Waals surface area contributed by atoms with Gasteiger partial charge in [-0.3, -0.25) is 9.59 Å². The number of hydrogen-bond acceptors (Lipinski definition) is 10. The molecule has 0 aromatic heterocycles. The Labute approximate surface area is 236 Å². The third kappa shape index (κ3) is 12.2. The Kier molecular flexibility index (Phi) is 15.7. The number of benzene rings is 1. The first-order chi connectivity index (χ1) is 18.9. The molecule has 226 valence electrons. The summed E-state index contributed by atoms with van der Waals surface area (Å²) in [7, 11) is 0. The van der Waals surface area contributed by atoms with Gasteiger partial charge in [0, 0.05) is 12.3 Å². The SMILES string of the molecule is CCCCC(=O)OCC(C)C(c1ccc(OC(=O)OCC(C)CC)c(OC(=O)OCC(C)CC)c1)[C@H](N)C(=O)O. The van der Waals surface area contributed by atoms with Crippen molar-refractivity contribution in [1.29, 1.82) is 0 Å². The van der Waals surface area contributed by atoms with Gasteiger partial charge in [-0.05, 0) is 41.9 Å². The molecule has 11 nitrogen and oxygen atoms in total. The summed E-state index contributed by atoms with van der Waals surface area (Å²) in [6.45, 7) is 11.6. The minimum Gasteiger partial charge on any atom is -0.480 e. The number of ether oxygens (including phenoxy) is 5. The minimum absolute atomic E-state index is 0.0679. The molecule has 1 aromatic carbocycles. The number of carbonyl (C=O) groups excluding carboxylic acids is 3. The van der Waals surface area contributed by atoms with E-state index in [-0.39, 0.29) is 55.5 Å². The van der Waals surface area contributed by atoms with Crippen LogP contribution in [0.1, 0.15) is 85.1 Å². The highest BCUT2D eigenvalue weighted by atomic mass is 16.7. The molecule has 0 aliphatic carbocycles. The van der Waals surface area contributed by atoms with E-state index in [1.165, 1.54) is 18.2 Å². The van der Waals surface area contributed by atoms with Crippen molar-refractivity contribution in [2.45, 2.75) is 85.6 Å². The van der Waals surface area contributed by atoms with Crippen LogP contribution in [-0.4, -0.2) is 55.2 Å². The molecule has 0 amide bonds. The molecule has 0 fully saturated rings. The summed E-state index contributed by atoms with van der Waals surface area (Å²) in [6.07, 6.45) is 1.35. The summed E-state index contributed by atoms with van der Waals surface area (Å²) in [4.78, 5) is 48.7. The summed E-state index contributed by atoms with van der Waals surface area (Å²) in [5.74, 6) is -3.10. The lowest BCUT2D eigenvalue weighted by atomic mass is 9.82. The number of hydrogen-bond donors (Lipinski definition) is 2. The maximum atomic E-state index is 12.5. The zero-order valence-corrected chi connectivity index (χ0v) is 24.5. The molecule has 0 heterocycles. The Bertz CT molecular complexity index is 966. The lowest BCUT2D eigenvalue weighted by Gasteiger charge is -2.28. The molecule has 40 heavy (non-hydrogen) atoms. The molecule has 1 aromatic rings. The van der Waals surface area contributed by atoms with Crippen LogP contribution >= 0.6 is 0 Å². The van der Waals surface area contributed by atoms with Crippen molar-refractivity contribution < 1.29 is 48.0 Å². The zero-order valence-electron chi connectivity index (χ0n) is 24.5. The second kappa shape index (κ2) is 18.1. The van der Waals surface area contributed by atoms with Crippen molar-refractivity contribution >= 4 is 24.2 Å². The van der Waals surface area contributed by atoms with Crippen molar-refractivity contribution in [3.8, 4) is 11.5 Å². The fourth-order valence-corrected chi connectivity index (χ4v) is 3.56. The largest absolute Gasteiger partial charge is 0.513 e. The van der Waals surface area contributed by atoms with E-state index in [9.17, 15) is 24.3 Å². The zero-order chi connectivity index (χ0) is 30.2.